The second kappa shape index (κ2) is 8.79. The molecule has 1 amide bonds. The van der Waals surface area contributed by atoms with E-state index >= 15 is 0 Å². The summed E-state index contributed by atoms with van der Waals surface area (Å²) in [4.78, 5) is 21.2. The molecule has 0 unspecified atom stereocenters. The van der Waals surface area contributed by atoms with E-state index in [1.807, 2.05) is 24.3 Å². The third kappa shape index (κ3) is 5.83. The molecule has 0 bridgehead atoms. The third-order valence-electron chi connectivity index (χ3n) is 4.17. The maximum atomic E-state index is 12.5. The standard InChI is InChI=1S/C21H30N4O/c1-6-7-8-13-22-19-14-18(23-15(2)24-19)20(26)25-17-11-9-16(10-12-17)21(3,4)5/h9-12,14H,6-8,13H2,1-5H3,(H,25,26)(H,22,23,24). The number of carbonyl (C=O) groups is 1. The number of aryl methyl sites for hydroxylation is 1. The summed E-state index contributed by atoms with van der Waals surface area (Å²) in [5.74, 6) is 1.05. The molecule has 1 aromatic heterocycles. The molecule has 0 aliphatic rings. The lowest BCUT2D eigenvalue weighted by molar-refractivity contribution is 0.102. The van der Waals surface area contributed by atoms with Crippen LogP contribution in [0.2, 0.25) is 0 Å². The summed E-state index contributed by atoms with van der Waals surface area (Å²) < 4.78 is 0. The third-order valence-corrected chi connectivity index (χ3v) is 4.17. The Balaban J connectivity index is 2.05. The monoisotopic (exact) mass is 354 g/mol. The largest absolute Gasteiger partial charge is 0.370 e. The molecule has 0 atom stereocenters. The smallest absolute Gasteiger partial charge is 0.274 e. The van der Waals surface area contributed by atoms with Gasteiger partial charge in [0, 0.05) is 18.3 Å². The first-order valence-electron chi connectivity index (χ1n) is 9.31. The number of aromatic nitrogens is 2. The van der Waals surface area contributed by atoms with Gasteiger partial charge in [0.15, 0.2) is 0 Å². The SMILES string of the molecule is CCCCCNc1cc(C(=O)Nc2ccc(C(C)(C)C)cc2)nc(C)n1. The Morgan fingerprint density at radius 1 is 1.08 bits per heavy atom. The second-order valence-corrected chi connectivity index (χ2v) is 7.60. The van der Waals surface area contributed by atoms with Crippen LogP contribution < -0.4 is 10.6 Å². The summed E-state index contributed by atoms with van der Waals surface area (Å²) in [6, 6.07) is 9.65. The minimum Gasteiger partial charge on any atom is -0.370 e. The van der Waals surface area contributed by atoms with Gasteiger partial charge in [0.05, 0.1) is 0 Å². The molecule has 26 heavy (non-hydrogen) atoms. The van der Waals surface area contributed by atoms with Crippen molar-refractivity contribution in [3.63, 3.8) is 0 Å². The van der Waals surface area contributed by atoms with E-state index < -0.39 is 0 Å². The molecule has 1 aromatic carbocycles. The van der Waals surface area contributed by atoms with E-state index in [0.717, 1.165) is 18.7 Å². The Morgan fingerprint density at radius 2 is 1.77 bits per heavy atom. The highest BCUT2D eigenvalue weighted by molar-refractivity contribution is 6.03. The van der Waals surface area contributed by atoms with Gasteiger partial charge < -0.3 is 10.6 Å². The second-order valence-electron chi connectivity index (χ2n) is 7.60. The predicted molar refractivity (Wildman–Crippen MR) is 108 cm³/mol. The van der Waals surface area contributed by atoms with Crippen LogP contribution in [-0.4, -0.2) is 22.4 Å². The van der Waals surface area contributed by atoms with E-state index in [1.165, 1.54) is 18.4 Å². The van der Waals surface area contributed by atoms with Crippen molar-refractivity contribution in [2.24, 2.45) is 0 Å². The van der Waals surface area contributed by atoms with E-state index in [-0.39, 0.29) is 11.3 Å². The Labute approximate surface area is 156 Å². The van der Waals surface area contributed by atoms with Crippen molar-refractivity contribution in [3.8, 4) is 0 Å². The molecule has 2 N–H and O–H groups in total. The van der Waals surface area contributed by atoms with Gasteiger partial charge in [-0.2, -0.15) is 0 Å². The molecule has 0 aliphatic carbocycles. The summed E-state index contributed by atoms with van der Waals surface area (Å²) in [6.45, 7) is 11.3. The first-order valence-corrected chi connectivity index (χ1v) is 9.31. The molecule has 5 heteroatoms. The molecule has 2 aromatic rings. The van der Waals surface area contributed by atoms with Gasteiger partial charge in [0.1, 0.15) is 17.3 Å². The van der Waals surface area contributed by atoms with Crippen molar-refractivity contribution in [2.45, 2.75) is 59.3 Å². The molecule has 1 heterocycles. The minimum atomic E-state index is -0.226. The lowest BCUT2D eigenvalue weighted by atomic mass is 9.87. The van der Waals surface area contributed by atoms with Crippen LogP contribution >= 0.6 is 0 Å². The number of unbranched alkanes of at least 4 members (excludes halogenated alkanes) is 2. The number of benzene rings is 1. The zero-order chi connectivity index (χ0) is 19.2. The highest BCUT2D eigenvalue weighted by atomic mass is 16.1. The quantitative estimate of drug-likeness (QED) is 0.691. The van der Waals surface area contributed by atoms with Gasteiger partial charge in [0.2, 0.25) is 0 Å². The lowest BCUT2D eigenvalue weighted by Gasteiger charge is -2.19. The maximum Gasteiger partial charge on any atom is 0.274 e. The summed E-state index contributed by atoms with van der Waals surface area (Å²) in [5, 5.41) is 6.18. The van der Waals surface area contributed by atoms with Crippen LogP contribution in [0, 0.1) is 6.92 Å². The van der Waals surface area contributed by atoms with Gasteiger partial charge >= 0.3 is 0 Å². The minimum absolute atomic E-state index is 0.0879. The Kier molecular flexibility index (Phi) is 6.72. The van der Waals surface area contributed by atoms with Gasteiger partial charge in [-0.05, 0) is 36.5 Å². The van der Waals surface area contributed by atoms with Crippen molar-refractivity contribution in [1.82, 2.24) is 9.97 Å². The van der Waals surface area contributed by atoms with Crippen LogP contribution in [0.25, 0.3) is 0 Å². The van der Waals surface area contributed by atoms with Crippen LogP contribution in [0.3, 0.4) is 0 Å². The fourth-order valence-electron chi connectivity index (χ4n) is 2.61. The van der Waals surface area contributed by atoms with Gasteiger partial charge in [0.25, 0.3) is 5.91 Å². The molecule has 0 aliphatic heterocycles. The summed E-state index contributed by atoms with van der Waals surface area (Å²) in [5.41, 5.74) is 2.45. The van der Waals surface area contributed by atoms with E-state index in [9.17, 15) is 4.79 Å². The molecule has 2 rings (SSSR count). The molecule has 0 spiro atoms. The summed E-state index contributed by atoms with van der Waals surface area (Å²) >= 11 is 0. The van der Waals surface area contributed by atoms with Crippen LogP contribution in [0.5, 0.6) is 0 Å². The molecule has 0 radical (unpaired) electrons. The lowest BCUT2D eigenvalue weighted by Crippen LogP contribution is -2.16. The van der Waals surface area contributed by atoms with Gasteiger partial charge in [-0.3, -0.25) is 4.79 Å². The van der Waals surface area contributed by atoms with Crippen LogP contribution in [0.1, 0.15) is 68.8 Å². The molecule has 0 saturated carbocycles. The van der Waals surface area contributed by atoms with E-state index in [2.05, 4.69) is 48.3 Å². The highest BCUT2D eigenvalue weighted by Crippen LogP contribution is 2.23. The number of amides is 1. The summed E-state index contributed by atoms with van der Waals surface area (Å²) in [7, 11) is 0. The van der Waals surface area contributed by atoms with Crippen molar-refractivity contribution < 1.29 is 4.79 Å². The molecular weight excluding hydrogens is 324 g/mol. The number of nitrogens with one attached hydrogen (secondary N) is 2. The van der Waals surface area contributed by atoms with Crippen LogP contribution in [0.15, 0.2) is 30.3 Å². The highest BCUT2D eigenvalue weighted by Gasteiger charge is 2.14. The number of rotatable bonds is 7. The van der Waals surface area contributed by atoms with Crippen LogP contribution in [0.4, 0.5) is 11.5 Å². The Hall–Kier alpha value is -2.43. The van der Waals surface area contributed by atoms with E-state index in [1.54, 1.807) is 13.0 Å². The molecule has 140 valence electrons. The zero-order valence-electron chi connectivity index (χ0n) is 16.5. The van der Waals surface area contributed by atoms with Crippen molar-refractivity contribution in [3.05, 3.63) is 47.4 Å². The molecule has 5 nitrogen and oxygen atoms in total. The molecule has 0 fully saturated rings. The van der Waals surface area contributed by atoms with Gasteiger partial charge in [-0.15, -0.1) is 0 Å². The number of anilines is 2. The van der Waals surface area contributed by atoms with Crippen molar-refractivity contribution in [1.29, 1.82) is 0 Å². The van der Waals surface area contributed by atoms with Crippen molar-refractivity contribution >= 4 is 17.4 Å². The van der Waals surface area contributed by atoms with E-state index in [4.69, 9.17) is 0 Å². The number of hydrogen-bond acceptors (Lipinski definition) is 4. The van der Waals surface area contributed by atoms with Gasteiger partial charge in [-0.1, -0.05) is 52.7 Å². The summed E-state index contributed by atoms with van der Waals surface area (Å²) in [6.07, 6.45) is 3.43. The van der Waals surface area contributed by atoms with Crippen molar-refractivity contribution in [2.75, 3.05) is 17.2 Å². The van der Waals surface area contributed by atoms with Crippen LogP contribution in [-0.2, 0) is 5.41 Å². The Morgan fingerprint density at radius 3 is 2.38 bits per heavy atom. The first kappa shape index (κ1) is 19.9. The topological polar surface area (TPSA) is 66.9 Å². The average molecular weight is 354 g/mol. The van der Waals surface area contributed by atoms with E-state index in [0.29, 0.717) is 17.3 Å². The number of hydrogen-bond donors (Lipinski definition) is 2. The maximum absolute atomic E-state index is 12.5. The fraction of sp³-hybridized carbons (Fsp3) is 0.476. The first-order chi connectivity index (χ1) is 12.3. The fourth-order valence-corrected chi connectivity index (χ4v) is 2.61. The molecular formula is C21H30N4O. The zero-order valence-corrected chi connectivity index (χ0v) is 16.5. The number of carbonyl (C=O) groups excluding carboxylic acids is 1. The average Bonchev–Trinajstić information content (AvgIpc) is 2.58. The molecule has 0 saturated heterocycles. The van der Waals surface area contributed by atoms with Gasteiger partial charge in [-0.25, -0.2) is 9.97 Å². The Bertz CT molecular complexity index is 733. The normalized spacial score (nSPS) is 11.3. The predicted octanol–water partition coefficient (Wildman–Crippen LogP) is 4.94. The number of nitrogens with zero attached hydrogens (tertiary/aromatic N) is 2.